The zero-order valence-corrected chi connectivity index (χ0v) is 13.0. The van der Waals surface area contributed by atoms with Gasteiger partial charge in [0.2, 0.25) is 5.91 Å². The van der Waals surface area contributed by atoms with Gasteiger partial charge in [-0.1, -0.05) is 23.7 Å². The summed E-state index contributed by atoms with van der Waals surface area (Å²) in [5.41, 5.74) is 0.312. The molecule has 0 radical (unpaired) electrons. The van der Waals surface area contributed by atoms with Crippen molar-refractivity contribution in [1.82, 2.24) is 5.32 Å². The number of carbonyl (C=O) groups excluding carboxylic acids is 2. The summed E-state index contributed by atoms with van der Waals surface area (Å²) in [6, 6.07) is 6.43. The Kier molecular flexibility index (Phi) is 5.57. The van der Waals surface area contributed by atoms with E-state index in [0.29, 0.717) is 11.4 Å². The van der Waals surface area contributed by atoms with Crippen molar-refractivity contribution in [2.45, 2.75) is 45.8 Å². The van der Waals surface area contributed by atoms with E-state index in [-0.39, 0.29) is 5.91 Å². The molecule has 20 heavy (non-hydrogen) atoms. The molecule has 0 fully saturated rings. The average molecular weight is 298 g/mol. The number of esters is 1. The van der Waals surface area contributed by atoms with Crippen LogP contribution in [-0.2, 0) is 20.7 Å². The predicted octanol–water partition coefficient (Wildman–Crippen LogP) is 2.73. The van der Waals surface area contributed by atoms with Crippen molar-refractivity contribution in [3.05, 3.63) is 34.9 Å². The van der Waals surface area contributed by atoms with Gasteiger partial charge in [0.15, 0.2) is 0 Å². The Morgan fingerprint density at radius 2 is 1.80 bits per heavy atom. The van der Waals surface area contributed by atoms with Crippen LogP contribution in [0.1, 0.15) is 33.3 Å². The molecule has 0 aliphatic carbocycles. The molecule has 1 unspecified atom stereocenters. The van der Waals surface area contributed by atoms with E-state index in [2.05, 4.69) is 5.32 Å². The number of hydrogen-bond acceptors (Lipinski definition) is 3. The highest BCUT2D eigenvalue weighted by Gasteiger charge is 2.26. The van der Waals surface area contributed by atoms with Crippen LogP contribution in [-0.4, -0.2) is 23.5 Å². The van der Waals surface area contributed by atoms with E-state index in [1.165, 1.54) is 6.92 Å². The zero-order valence-electron chi connectivity index (χ0n) is 12.2. The topological polar surface area (TPSA) is 55.4 Å². The fourth-order valence-electron chi connectivity index (χ4n) is 1.67. The molecule has 5 heteroatoms. The smallest absolute Gasteiger partial charge is 0.329 e. The number of nitrogens with one attached hydrogen (secondary N) is 1. The van der Waals surface area contributed by atoms with Crippen molar-refractivity contribution in [2.75, 3.05) is 0 Å². The molecule has 0 aromatic heterocycles. The maximum absolute atomic E-state index is 12.1. The minimum absolute atomic E-state index is 0.269. The number of rotatable bonds is 4. The van der Waals surface area contributed by atoms with Gasteiger partial charge < -0.3 is 10.1 Å². The summed E-state index contributed by atoms with van der Waals surface area (Å²) >= 11 is 5.82. The maximum atomic E-state index is 12.1. The van der Waals surface area contributed by atoms with E-state index in [4.69, 9.17) is 16.3 Å². The van der Waals surface area contributed by atoms with E-state index in [0.717, 1.165) is 5.56 Å². The molecule has 1 amide bonds. The number of ether oxygens (including phenoxy) is 1. The molecule has 0 aliphatic heterocycles. The summed E-state index contributed by atoms with van der Waals surface area (Å²) in [5, 5.41) is 3.25. The second-order valence-electron chi connectivity index (χ2n) is 5.62. The predicted molar refractivity (Wildman–Crippen MR) is 78.6 cm³/mol. The number of amides is 1. The Morgan fingerprint density at radius 3 is 2.25 bits per heavy atom. The molecule has 1 N–H and O–H groups in total. The first-order valence-electron chi connectivity index (χ1n) is 6.42. The second kappa shape index (κ2) is 6.75. The third kappa shape index (κ3) is 6.06. The fourth-order valence-corrected chi connectivity index (χ4v) is 1.79. The summed E-state index contributed by atoms with van der Waals surface area (Å²) in [4.78, 5) is 23.3. The lowest BCUT2D eigenvalue weighted by molar-refractivity contribution is -0.158. The molecular weight excluding hydrogens is 278 g/mol. The van der Waals surface area contributed by atoms with Crippen LogP contribution in [0.5, 0.6) is 0 Å². The van der Waals surface area contributed by atoms with E-state index in [9.17, 15) is 9.59 Å². The van der Waals surface area contributed by atoms with Crippen LogP contribution < -0.4 is 5.32 Å². The monoisotopic (exact) mass is 297 g/mol. The highest BCUT2D eigenvalue weighted by Crippen LogP contribution is 2.14. The minimum Gasteiger partial charge on any atom is -0.458 e. The van der Waals surface area contributed by atoms with Gasteiger partial charge in [-0.15, -0.1) is 0 Å². The second-order valence-corrected chi connectivity index (χ2v) is 6.05. The quantitative estimate of drug-likeness (QED) is 0.869. The Labute approximate surface area is 124 Å². The van der Waals surface area contributed by atoms with E-state index in [1.54, 1.807) is 32.9 Å². The standard InChI is InChI=1S/C15H20ClNO3/c1-10(18)17-13(14(19)20-15(2,3)4)9-11-5-7-12(16)8-6-11/h5-8,13H,9H2,1-4H3,(H,17,18). The van der Waals surface area contributed by atoms with Gasteiger partial charge >= 0.3 is 5.97 Å². The molecule has 1 aromatic carbocycles. The van der Waals surface area contributed by atoms with Crippen molar-refractivity contribution in [1.29, 1.82) is 0 Å². The van der Waals surface area contributed by atoms with Crippen LogP contribution >= 0.6 is 11.6 Å². The van der Waals surface area contributed by atoms with Gasteiger partial charge in [-0.05, 0) is 38.5 Å². The molecule has 110 valence electrons. The molecule has 0 aliphatic rings. The van der Waals surface area contributed by atoms with Gasteiger partial charge in [0.25, 0.3) is 0 Å². The van der Waals surface area contributed by atoms with Gasteiger partial charge in [-0.2, -0.15) is 0 Å². The van der Waals surface area contributed by atoms with Crippen LogP contribution in [0.4, 0.5) is 0 Å². The number of benzene rings is 1. The lowest BCUT2D eigenvalue weighted by atomic mass is 10.1. The van der Waals surface area contributed by atoms with Crippen molar-refractivity contribution >= 4 is 23.5 Å². The Hall–Kier alpha value is -1.55. The van der Waals surface area contributed by atoms with Gasteiger partial charge in [-0.25, -0.2) is 4.79 Å². The average Bonchev–Trinajstić information content (AvgIpc) is 2.28. The van der Waals surface area contributed by atoms with Crippen LogP contribution in [0.3, 0.4) is 0 Å². The first-order valence-corrected chi connectivity index (χ1v) is 6.79. The molecule has 0 heterocycles. The molecule has 0 spiro atoms. The van der Waals surface area contributed by atoms with E-state index < -0.39 is 17.6 Å². The highest BCUT2D eigenvalue weighted by atomic mass is 35.5. The largest absolute Gasteiger partial charge is 0.458 e. The Balaban J connectivity index is 2.81. The molecule has 0 saturated heterocycles. The van der Waals surface area contributed by atoms with Crippen LogP contribution in [0.15, 0.2) is 24.3 Å². The zero-order chi connectivity index (χ0) is 15.3. The number of carbonyl (C=O) groups is 2. The summed E-state index contributed by atoms with van der Waals surface area (Å²) in [6.07, 6.45) is 0.367. The number of hydrogen-bond donors (Lipinski definition) is 1. The van der Waals surface area contributed by atoms with Crippen LogP contribution in [0, 0.1) is 0 Å². The number of halogens is 1. The van der Waals surface area contributed by atoms with Gasteiger partial charge in [-0.3, -0.25) is 4.79 Å². The molecule has 1 rings (SSSR count). The van der Waals surface area contributed by atoms with Gasteiger partial charge in [0.1, 0.15) is 11.6 Å². The highest BCUT2D eigenvalue weighted by molar-refractivity contribution is 6.30. The molecule has 0 bridgehead atoms. The molecule has 1 aromatic rings. The molecule has 0 saturated carbocycles. The minimum atomic E-state index is -0.701. The lowest BCUT2D eigenvalue weighted by Gasteiger charge is -2.24. The van der Waals surface area contributed by atoms with Crippen molar-refractivity contribution in [3.63, 3.8) is 0 Å². The summed E-state index contributed by atoms with van der Waals surface area (Å²) in [5.74, 6) is -0.711. The molecule has 1 atom stereocenters. The first-order chi connectivity index (χ1) is 9.17. The van der Waals surface area contributed by atoms with Crippen LogP contribution in [0.25, 0.3) is 0 Å². The van der Waals surface area contributed by atoms with Crippen molar-refractivity contribution < 1.29 is 14.3 Å². The fraction of sp³-hybridized carbons (Fsp3) is 0.467. The van der Waals surface area contributed by atoms with Crippen LogP contribution in [0.2, 0.25) is 5.02 Å². The third-order valence-electron chi connectivity index (χ3n) is 2.42. The molecular formula is C15H20ClNO3. The summed E-state index contributed by atoms with van der Waals surface area (Å²) in [6.45, 7) is 6.74. The van der Waals surface area contributed by atoms with Crippen molar-refractivity contribution in [2.24, 2.45) is 0 Å². The van der Waals surface area contributed by atoms with Gasteiger partial charge in [0.05, 0.1) is 0 Å². The SMILES string of the molecule is CC(=O)NC(Cc1ccc(Cl)cc1)C(=O)OC(C)(C)C. The normalized spacial score (nSPS) is 12.7. The summed E-state index contributed by atoms with van der Waals surface area (Å²) < 4.78 is 5.32. The maximum Gasteiger partial charge on any atom is 0.329 e. The Bertz CT molecular complexity index is 477. The Morgan fingerprint density at radius 1 is 1.25 bits per heavy atom. The molecule has 4 nitrogen and oxygen atoms in total. The van der Waals surface area contributed by atoms with Crippen molar-refractivity contribution in [3.8, 4) is 0 Å². The van der Waals surface area contributed by atoms with Gasteiger partial charge in [0, 0.05) is 18.4 Å². The van der Waals surface area contributed by atoms with E-state index in [1.807, 2.05) is 12.1 Å². The third-order valence-corrected chi connectivity index (χ3v) is 2.67. The first kappa shape index (κ1) is 16.5. The van der Waals surface area contributed by atoms with E-state index >= 15 is 0 Å². The lowest BCUT2D eigenvalue weighted by Crippen LogP contribution is -2.44. The summed E-state index contributed by atoms with van der Waals surface area (Å²) in [7, 11) is 0.